The molecular formula is C20H18N2. The number of nitrogens with zero attached hydrogens (tertiary/aromatic N) is 2. The standard InChI is InChI=1S/C12H8N2.C8H10/c1-2-10-11-8-13-7-5-9(11)3-4-12(10)14-6-1;1-7-5-3-4-6-8(7)2/h1-8H;3-6H,1-2H3. The van der Waals surface area contributed by atoms with E-state index in [9.17, 15) is 0 Å². The normalized spacial score (nSPS) is 10.3. The lowest BCUT2D eigenvalue weighted by molar-refractivity contribution is 1.34. The molecule has 2 heterocycles. The maximum atomic E-state index is 4.30. The third-order valence-corrected chi connectivity index (χ3v) is 3.83. The fourth-order valence-electron chi connectivity index (χ4n) is 2.39. The summed E-state index contributed by atoms with van der Waals surface area (Å²) in [6, 6.07) is 18.5. The Morgan fingerprint density at radius 3 is 2.18 bits per heavy atom. The van der Waals surface area contributed by atoms with Gasteiger partial charge in [-0.1, -0.05) is 36.4 Å². The fourth-order valence-corrected chi connectivity index (χ4v) is 2.39. The maximum Gasteiger partial charge on any atom is 0.0708 e. The van der Waals surface area contributed by atoms with Crippen LogP contribution in [0.1, 0.15) is 11.1 Å². The van der Waals surface area contributed by atoms with Gasteiger partial charge in [0.2, 0.25) is 0 Å². The van der Waals surface area contributed by atoms with E-state index in [1.165, 1.54) is 16.5 Å². The Morgan fingerprint density at radius 1 is 0.682 bits per heavy atom. The Bertz CT molecular complexity index is 837. The van der Waals surface area contributed by atoms with Crippen LogP contribution >= 0.6 is 0 Å². The zero-order chi connectivity index (χ0) is 15.4. The van der Waals surface area contributed by atoms with Crippen molar-refractivity contribution in [3.8, 4) is 0 Å². The van der Waals surface area contributed by atoms with Crippen molar-refractivity contribution in [1.82, 2.24) is 9.97 Å². The highest BCUT2D eigenvalue weighted by Crippen LogP contribution is 2.22. The van der Waals surface area contributed by atoms with Gasteiger partial charge in [-0.05, 0) is 48.6 Å². The number of hydrogen-bond donors (Lipinski definition) is 0. The smallest absolute Gasteiger partial charge is 0.0708 e. The van der Waals surface area contributed by atoms with E-state index in [1.807, 2.05) is 36.8 Å². The van der Waals surface area contributed by atoms with Crippen molar-refractivity contribution in [3.63, 3.8) is 0 Å². The minimum Gasteiger partial charge on any atom is -0.264 e. The highest BCUT2D eigenvalue weighted by Gasteiger charge is 1.98. The molecule has 0 N–H and O–H groups in total. The molecule has 0 fully saturated rings. The van der Waals surface area contributed by atoms with Gasteiger partial charge in [0.15, 0.2) is 0 Å². The lowest BCUT2D eigenvalue weighted by Crippen LogP contribution is -1.80. The molecule has 0 aliphatic carbocycles. The average molecular weight is 286 g/mol. The van der Waals surface area contributed by atoms with Crippen molar-refractivity contribution in [2.45, 2.75) is 13.8 Å². The molecule has 22 heavy (non-hydrogen) atoms. The van der Waals surface area contributed by atoms with Crippen molar-refractivity contribution in [2.75, 3.05) is 0 Å². The Hall–Kier alpha value is -2.74. The molecule has 0 unspecified atom stereocenters. The molecule has 2 aromatic heterocycles. The number of aryl methyl sites for hydroxylation is 2. The summed E-state index contributed by atoms with van der Waals surface area (Å²) in [6.45, 7) is 4.24. The van der Waals surface area contributed by atoms with E-state index in [4.69, 9.17) is 0 Å². The van der Waals surface area contributed by atoms with Gasteiger partial charge in [-0.15, -0.1) is 0 Å². The van der Waals surface area contributed by atoms with Gasteiger partial charge < -0.3 is 0 Å². The molecule has 0 atom stereocenters. The molecule has 2 aromatic carbocycles. The molecule has 108 valence electrons. The summed E-state index contributed by atoms with van der Waals surface area (Å²) in [5, 5.41) is 3.54. The number of benzene rings is 2. The Morgan fingerprint density at radius 2 is 1.45 bits per heavy atom. The first-order valence-corrected chi connectivity index (χ1v) is 7.35. The second-order valence-electron chi connectivity index (χ2n) is 5.32. The molecule has 0 aliphatic heterocycles. The summed E-state index contributed by atoms with van der Waals surface area (Å²) >= 11 is 0. The molecule has 4 rings (SSSR count). The first kappa shape index (κ1) is 14.2. The van der Waals surface area contributed by atoms with Crippen LogP contribution < -0.4 is 0 Å². The second-order valence-corrected chi connectivity index (χ2v) is 5.32. The van der Waals surface area contributed by atoms with Crippen LogP contribution in [0.2, 0.25) is 0 Å². The molecule has 0 spiro atoms. The van der Waals surface area contributed by atoms with Crippen LogP contribution in [0.15, 0.2) is 73.2 Å². The molecule has 2 heteroatoms. The van der Waals surface area contributed by atoms with Crippen molar-refractivity contribution in [1.29, 1.82) is 0 Å². The van der Waals surface area contributed by atoms with Gasteiger partial charge in [0, 0.05) is 29.4 Å². The molecule has 4 aromatic rings. The van der Waals surface area contributed by atoms with Gasteiger partial charge in [0.25, 0.3) is 0 Å². The van der Waals surface area contributed by atoms with E-state index in [0.29, 0.717) is 0 Å². The number of aromatic nitrogens is 2. The molecule has 0 saturated carbocycles. The first-order chi connectivity index (χ1) is 10.8. The SMILES string of the molecule is Cc1ccccc1C.c1cnc2ccc3ccncc3c2c1. The van der Waals surface area contributed by atoms with Gasteiger partial charge in [-0.25, -0.2) is 0 Å². The Labute approximate surface area is 130 Å². The van der Waals surface area contributed by atoms with Gasteiger partial charge in [0.1, 0.15) is 0 Å². The molecule has 0 amide bonds. The monoisotopic (exact) mass is 286 g/mol. The quantitative estimate of drug-likeness (QED) is 0.421. The van der Waals surface area contributed by atoms with E-state index in [2.05, 4.69) is 60.2 Å². The largest absolute Gasteiger partial charge is 0.264 e. The summed E-state index contributed by atoms with van der Waals surface area (Å²) in [7, 11) is 0. The van der Waals surface area contributed by atoms with Crippen molar-refractivity contribution in [2.24, 2.45) is 0 Å². The minimum atomic E-state index is 1.02. The number of pyridine rings is 2. The Balaban J connectivity index is 0.000000154. The number of hydrogen-bond acceptors (Lipinski definition) is 2. The molecule has 0 radical (unpaired) electrons. The predicted molar refractivity (Wildman–Crippen MR) is 93.0 cm³/mol. The van der Waals surface area contributed by atoms with E-state index < -0.39 is 0 Å². The fraction of sp³-hybridized carbons (Fsp3) is 0.100. The van der Waals surface area contributed by atoms with Crippen molar-refractivity contribution in [3.05, 3.63) is 84.3 Å². The zero-order valence-corrected chi connectivity index (χ0v) is 12.8. The highest BCUT2D eigenvalue weighted by atomic mass is 14.6. The van der Waals surface area contributed by atoms with Crippen LogP contribution in [0.25, 0.3) is 21.7 Å². The van der Waals surface area contributed by atoms with E-state index in [0.717, 1.165) is 16.3 Å². The van der Waals surface area contributed by atoms with E-state index in [1.54, 1.807) is 0 Å². The van der Waals surface area contributed by atoms with Crippen LogP contribution in [0, 0.1) is 13.8 Å². The summed E-state index contributed by atoms with van der Waals surface area (Å²) in [5.74, 6) is 0. The van der Waals surface area contributed by atoms with Gasteiger partial charge in [0.05, 0.1) is 5.52 Å². The minimum absolute atomic E-state index is 1.02. The van der Waals surface area contributed by atoms with Crippen LogP contribution in [0.3, 0.4) is 0 Å². The van der Waals surface area contributed by atoms with E-state index in [-0.39, 0.29) is 0 Å². The molecule has 0 aliphatic rings. The van der Waals surface area contributed by atoms with Crippen LogP contribution in [-0.4, -0.2) is 9.97 Å². The maximum absolute atomic E-state index is 4.30. The van der Waals surface area contributed by atoms with Gasteiger partial charge >= 0.3 is 0 Å². The van der Waals surface area contributed by atoms with Crippen LogP contribution in [0.4, 0.5) is 0 Å². The Kier molecular flexibility index (Phi) is 4.10. The summed E-state index contributed by atoms with van der Waals surface area (Å²) in [5.41, 5.74) is 3.76. The zero-order valence-electron chi connectivity index (χ0n) is 12.8. The topological polar surface area (TPSA) is 25.8 Å². The lowest BCUT2D eigenvalue weighted by Gasteiger charge is -2.00. The second kappa shape index (κ2) is 6.35. The van der Waals surface area contributed by atoms with E-state index >= 15 is 0 Å². The lowest BCUT2D eigenvalue weighted by atomic mass is 10.1. The summed E-state index contributed by atoms with van der Waals surface area (Å²) < 4.78 is 0. The average Bonchev–Trinajstić information content (AvgIpc) is 2.58. The molecule has 0 saturated heterocycles. The summed E-state index contributed by atoms with van der Waals surface area (Å²) in [4.78, 5) is 8.44. The van der Waals surface area contributed by atoms with Gasteiger partial charge in [-0.2, -0.15) is 0 Å². The van der Waals surface area contributed by atoms with Crippen molar-refractivity contribution >= 4 is 21.7 Å². The molecular weight excluding hydrogens is 268 g/mol. The van der Waals surface area contributed by atoms with Crippen LogP contribution in [-0.2, 0) is 0 Å². The predicted octanol–water partition coefficient (Wildman–Crippen LogP) is 5.09. The molecule has 0 bridgehead atoms. The highest BCUT2D eigenvalue weighted by molar-refractivity contribution is 6.05. The number of fused-ring (bicyclic) bond motifs is 3. The summed E-state index contributed by atoms with van der Waals surface area (Å²) in [6.07, 6.45) is 5.51. The third kappa shape index (κ3) is 2.96. The third-order valence-electron chi connectivity index (χ3n) is 3.83. The van der Waals surface area contributed by atoms with Crippen molar-refractivity contribution < 1.29 is 0 Å². The number of rotatable bonds is 0. The van der Waals surface area contributed by atoms with Crippen LogP contribution in [0.5, 0.6) is 0 Å². The van der Waals surface area contributed by atoms with Gasteiger partial charge in [-0.3, -0.25) is 9.97 Å². The first-order valence-electron chi connectivity index (χ1n) is 7.35. The molecule has 2 nitrogen and oxygen atoms in total.